The van der Waals surface area contributed by atoms with Gasteiger partial charge < -0.3 is 119 Å². The van der Waals surface area contributed by atoms with Crippen LogP contribution >= 0.6 is 0 Å². The van der Waals surface area contributed by atoms with Crippen molar-refractivity contribution >= 4 is 88.7 Å². The van der Waals surface area contributed by atoms with Gasteiger partial charge in [-0.1, -0.05) is 103 Å². The highest BCUT2D eigenvalue weighted by atomic mass is 16.4. The zero-order valence-electron chi connectivity index (χ0n) is 74.5. The second-order valence-electron chi connectivity index (χ2n) is 34.8. The van der Waals surface area contributed by atoms with E-state index in [1.165, 1.54) is 0 Å². The first kappa shape index (κ1) is 112. The van der Waals surface area contributed by atoms with Crippen molar-refractivity contribution in [1.82, 2.24) is 69.1 Å². The Bertz CT molecular complexity index is 3110. The van der Waals surface area contributed by atoms with Crippen molar-refractivity contribution in [2.45, 2.75) is 355 Å². The molecule has 0 radical (unpaired) electrons. The number of hydrogen-bond acceptors (Lipinski definition) is 22. The van der Waals surface area contributed by atoms with Gasteiger partial charge >= 0.3 is 11.9 Å². The maximum absolute atomic E-state index is 14.9. The Morgan fingerprint density at radius 3 is 0.533 bits per heavy atom. The summed E-state index contributed by atoms with van der Waals surface area (Å²) in [5.74, 6) is -14.1. The highest BCUT2D eigenvalue weighted by Crippen LogP contribution is 2.19. The van der Waals surface area contributed by atoms with Crippen molar-refractivity contribution in [1.29, 1.82) is 0 Å². The van der Waals surface area contributed by atoms with Crippen LogP contribution in [-0.4, -0.2) is 223 Å². The number of carbonyl (C=O) groups is 15. The minimum atomic E-state index is -1.59. The molecule has 0 aliphatic heterocycles. The number of carboxylic acid groups (broad SMARTS) is 2. The summed E-state index contributed by atoms with van der Waals surface area (Å²) in [5.41, 5.74) is 41.0. The zero-order chi connectivity index (χ0) is 91.3. The lowest BCUT2D eigenvalue weighted by Crippen LogP contribution is -2.61. The van der Waals surface area contributed by atoms with Crippen molar-refractivity contribution in [3.63, 3.8) is 0 Å². The first-order valence-electron chi connectivity index (χ1n) is 43.8. The number of rotatable bonds is 68. The van der Waals surface area contributed by atoms with E-state index < -0.39 is 186 Å². The van der Waals surface area contributed by atoms with E-state index in [-0.39, 0.29) is 151 Å². The molecule has 0 heterocycles. The molecule has 0 rings (SSSR count). The van der Waals surface area contributed by atoms with Crippen LogP contribution in [0.4, 0.5) is 0 Å². The van der Waals surface area contributed by atoms with Crippen LogP contribution in [0.15, 0.2) is 0 Å². The molecule has 29 N–H and O–H groups in total. The third kappa shape index (κ3) is 49.0. The van der Waals surface area contributed by atoms with Gasteiger partial charge in [-0.25, -0.2) is 4.79 Å². The van der Waals surface area contributed by atoms with Gasteiger partial charge in [0.25, 0.3) is 0 Å². The van der Waals surface area contributed by atoms with Gasteiger partial charge in [0.2, 0.25) is 76.8 Å². The van der Waals surface area contributed by atoms with Crippen LogP contribution in [0.3, 0.4) is 0 Å². The van der Waals surface area contributed by atoms with Gasteiger partial charge in [-0.2, -0.15) is 0 Å². The fourth-order valence-electron chi connectivity index (χ4n) is 13.4. The van der Waals surface area contributed by atoms with E-state index in [0.717, 1.165) is 0 Å². The van der Waals surface area contributed by atoms with Crippen LogP contribution in [0.5, 0.6) is 0 Å². The summed E-state index contributed by atoms with van der Waals surface area (Å²) in [6.45, 7) is 27.1. The Morgan fingerprint density at radius 1 is 0.208 bits per heavy atom. The van der Waals surface area contributed by atoms with Crippen LogP contribution in [0.25, 0.3) is 0 Å². The molecule has 0 spiro atoms. The lowest BCUT2D eigenvalue weighted by Gasteiger charge is -2.30. The van der Waals surface area contributed by atoms with E-state index in [0.29, 0.717) is 90.1 Å². The third-order valence-electron chi connectivity index (χ3n) is 19.8. The lowest BCUT2D eigenvalue weighted by atomic mass is 9.98. The predicted molar refractivity (Wildman–Crippen MR) is 461 cm³/mol. The quantitative estimate of drug-likeness (QED) is 0.0372. The number of aliphatic carboxylic acids is 2. The van der Waals surface area contributed by atoms with Crippen molar-refractivity contribution in [2.75, 3.05) is 39.3 Å². The molecule has 14 atom stereocenters. The van der Waals surface area contributed by atoms with Gasteiger partial charge in [0, 0.05) is 6.42 Å². The highest BCUT2D eigenvalue weighted by molar-refractivity contribution is 6.00. The van der Waals surface area contributed by atoms with Gasteiger partial charge in [-0.15, -0.1) is 0 Å². The molecule has 0 aliphatic rings. The Balaban J connectivity index is 7.38. The minimum absolute atomic E-state index is 0.00202. The average Bonchev–Trinajstić information content (AvgIpc) is 0.853. The van der Waals surface area contributed by atoms with E-state index in [2.05, 4.69) is 69.1 Å². The Labute approximate surface area is 712 Å². The van der Waals surface area contributed by atoms with Crippen LogP contribution in [0.1, 0.15) is 270 Å². The zero-order valence-corrected chi connectivity index (χ0v) is 74.5. The number of hydrogen-bond donors (Lipinski definition) is 22. The summed E-state index contributed by atoms with van der Waals surface area (Å²) < 4.78 is 0. The normalized spacial score (nSPS) is 15.1. The van der Waals surface area contributed by atoms with Crippen molar-refractivity contribution in [3.05, 3.63) is 0 Å². The molecular weight excluding hydrogens is 1550 g/mol. The number of nitrogens with two attached hydrogens (primary N) is 7. The first-order chi connectivity index (χ1) is 56.5. The van der Waals surface area contributed by atoms with Crippen LogP contribution in [0.2, 0.25) is 0 Å². The second kappa shape index (κ2) is 62.8. The lowest BCUT2D eigenvalue weighted by molar-refractivity contribution is -0.142. The number of carbonyl (C=O) groups excluding carboxylic acids is 13. The summed E-state index contributed by atoms with van der Waals surface area (Å²) in [6, 6.07) is -18.0. The first-order valence-corrected chi connectivity index (χ1v) is 43.8. The molecule has 0 aromatic rings. The van der Waals surface area contributed by atoms with Crippen LogP contribution in [0, 0.1) is 41.4 Å². The molecule has 37 nitrogen and oxygen atoms in total. The van der Waals surface area contributed by atoms with E-state index in [1.807, 2.05) is 55.4 Å². The van der Waals surface area contributed by atoms with E-state index >= 15 is 0 Å². The minimum Gasteiger partial charge on any atom is -0.481 e. The van der Waals surface area contributed by atoms with E-state index in [1.54, 1.807) is 41.5 Å². The summed E-state index contributed by atoms with van der Waals surface area (Å²) in [4.78, 5) is 212. The van der Waals surface area contributed by atoms with Gasteiger partial charge in [-0.3, -0.25) is 67.1 Å². The maximum Gasteiger partial charge on any atom is 0.326 e. The molecule has 0 aliphatic carbocycles. The van der Waals surface area contributed by atoms with Crippen molar-refractivity contribution < 1.29 is 82.1 Å². The molecule has 120 heavy (non-hydrogen) atoms. The molecule has 37 heteroatoms. The SMILES string of the molecule is CC(C)C[C@H](NC(=O)[C@H](CCC(=O)O)NC(=O)[C@H](CCCCN)NC(=O)[C@H](CC(C)C)NC(=O)[C@H](CC(C)C)NC(=O)[C@H](CCCCN)NC(=O)[C@H](CCCCN)NC(=O)[C@H](CC(C)C)NC(=O)[C@H](CC(C)C)NC(=O)[C@H](CCCCN)NC(=O)[C@H](CC(C)C)NC(=O)[C@H](CC(C)C)NC(=O)[C@@H](N)CCCCN)C(=O)N[C@@H](CCCCN)C(=O)O. The number of amides is 13. The van der Waals surface area contributed by atoms with Gasteiger partial charge in [0.1, 0.15) is 78.5 Å². The smallest absolute Gasteiger partial charge is 0.326 e. The van der Waals surface area contributed by atoms with Crippen molar-refractivity contribution in [3.8, 4) is 0 Å². The Kier molecular flexibility index (Phi) is 58.5. The summed E-state index contributed by atoms with van der Waals surface area (Å²) in [7, 11) is 0. The predicted octanol–water partition coefficient (Wildman–Crippen LogP) is 0.662. The molecule has 0 aromatic carbocycles. The molecule has 0 unspecified atom stereocenters. The van der Waals surface area contributed by atoms with Crippen LogP contribution in [-0.2, 0) is 71.9 Å². The fourth-order valence-corrected chi connectivity index (χ4v) is 13.4. The number of carboxylic acids is 2. The van der Waals surface area contributed by atoms with Crippen molar-refractivity contribution in [2.24, 2.45) is 81.6 Å². The Hall–Kier alpha value is -8.23. The topological polar surface area (TPSA) is 635 Å². The van der Waals surface area contributed by atoms with E-state index in [9.17, 15) is 82.1 Å². The molecule has 0 bridgehead atoms. The second-order valence-corrected chi connectivity index (χ2v) is 34.8. The average molecular weight is 1710 g/mol. The molecular formula is C83H158N20O17. The van der Waals surface area contributed by atoms with Gasteiger partial charge in [0.15, 0.2) is 0 Å². The molecule has 0 aromatic heterocycles. The molecule has 0 saturated carbocycles. The summed E-state index contributed by atoms with van der Waals surface area (Å²) in [6.07, 6.45) is 5.04. The fraction of sp³-hybridized carbons (Fsp3) is 0.819. The summed E-state index contributed by atoms with van der Waals surface area (Å²) in [5, 5.41) is 55.2. The molecule has 0 fully saturated rings. The summed E-state index contributed by atoms with van der Waals surface area (Å²) >= 11 is 0. The number of nitrogens with one attached hydrogen (secondary N) is 13. The largest absolute Gasteiger partial charge is 0.481 e. The maximum atomic E-state index is 14.9. The van der Waals surface area contributed by atoms with E-state index in [4.69, 9.17) is 40.1 Å². The molecule has 0 saturated heterocycles. The van der Waals surface area contributed by atoms with Gasteiger partial charge in [0.05, 0.1) is 6.04 Å². The standard InChI is InChI=1S/C83H158N20O17/c1-48(2)41-62(97-70(106)55(90)27-15-21-35-84)80(116)101-63(42-49(3)4)78(114)94-59(31-19-25-39-88)74(110)99-68(47-54(13)14)82(118)102-64(43-50(5)6)76(112)92-56(28-16-22-36-85)71(107)91-58(30-18-24-38-87)73(109)98-67(46-53(11)12)81(117)103-65(44-51(7)8)77(113)93-57(29-17-23-37-86)72(108)95-60(33-34-69(104)105)75(111)100-66(45-52(9)10)79(115)96-61(83(119)120)32-20-26-40-89/h48-68H,15-47,84-90H2,1-14H3,(H,91,107)(H,92,112)(H,93,113)(H,94,114)(H,95,108)(H,96,115)(H,97,106)(H,98,109)(H,99,110)(H,100,111)(H,101,116)(H,102,118)(H,103,117)(H,104,105)(H,119,120)/t55-,56-,57-,58-,59-,60-,61-,62-,63-,64-,65-,66-,67-,68-/m0/s1. The third-order valence-corrected chi connectivity index (χ3v) is 19.8. The van der Waals surface area contributed by atoms with Gasteiger partial charge in [-0.05, 0) is 241 Å². The highest BCUT2D eigenvalue weighted by Gasteiger charge is 2.39. The molecule has 13 amide bonds. The van der Waals surface area contributed by atoms with Crippen LogP contribution < -0.4 is 109 Å². The molecule has 692 valence electrons. The Morgan fingerprint density at radius 2 is 0.358 bits per heavy atom. The monoisotopic (exact) mass is 1710 g/mol. The number of unbranched alkanes of at least 4 members (excludes halogenated alkanes) is 6.